The summed E-state index contributed by atoms with van der Waals surface area (Å²) >= 11 is 0. The minimum Gasteiger partial charge on any atom is -0.392 e. The topological polar surface area (TPSA) is 62.2 Å². The van der Waals surface area contributed by atoms with Crippen molar-refractivity contribution >= 4 is 0 Å². The van der Waals surface area contributed by atoms with Crippen LogP contribution in [0.4, 0.5) is 0 Å². The van der Waals surface area contributed by atoms with Gasteiger partial charge < -0.3 is 19.7 Å². The first-order chi connectivity index (χ1) is 13.4. The van der Waals surface area contributed by atoms with Crippen molar-refractivity contribution in [1.82, 2.24) is 4.90 Å². The lowest BCUT2D eigenvalue weighted by Gasteiger charge is -2.69. The highest BCUT2D eigenvalue weighted by atomic mass is 16.5. The normalized spacial score (nSPS) is 64.3. The van der Waals surface area contributed by atoms with E-state index in [0.717, 1.165) is 32.4 Å². The average molecular weight is 392 g/mol. The van der Waals surface area contributed by atoms with E-state index in [0.29, 0.717) is 29.7 Å². The van der Waals surface area contributed by atoms with Gasteiger partial charge in [0.05, 0.1) is 23.9 Å². The molecule has 6 rings (SSSR count). The molecule has 7 bridgehead atoms. The van der Waals surface area contributed by atoms with Crippen LogP contribution in [0.5, 0.6) is 0 Å². The quantitative estimate of drug-likeness (QED) is 0.770. The van der Waals surface area contributed by atoms with Crippen LogP contribution in [0.15, 0.2) is 0 Å². The summed E-state index contributed by atoms with van der Waals surface area (Å²) in [5.41, 5.74) is -0.424. The van der Waals surface area contributed by atoms with Crippen LogP contribution in [-0.2, 0) is 9.47 Å². The molecule has 12 atom stereocenters. The SMILES string of the molecule is CCN1C[C@]2(C)CC[C@H](OC)[C@@]34[C@@H]5C[C@H]6[C@H](O)[C@@H]5[C@](O)(C[C@@H]6OC)[C@@H](C[C@H]23)[C@@H]14. The molecule has 0 radical (unpaired) electrons. The summed E-state index contributed by atoms with van der Waals surface area (Å²) in [5.74, 6) is 1.32. The second-order valence-electron chi connectivity index (χ2n) is 11.3. The van der Waals surface area contributed by atoms with E-state index >= 15 is 0 Å². The fraction of sp³-hybridized carbons (Fsp3) is 1.00. The number of nitrogens with zero attached hydrogens (tertiary/aromatic N) is 1. The Morgan fingerprint density at radius 1 is 1.14 bits per heavy atom. The standard InChI is InChI=1S/C23H37NO4/c1-5-24-11-21(2)7-6-17(28-4)23-13-8-12-15(27-3)10-22(26,18(13)19(12)25)14(20(23)24)9-16(21)23/h12-20,25-26H,5-11H2,1-4H3/t12-,13-,14+,15+,16-,17+,18-,19+,20-,21+,22+,23-/m1/s1. The molecular weight excluding hydrogens is 354 g/mol. The number of piperidine rings is 1. The van der Waals surface area contributed by atoms with E-state index in [1.54, 1.807) is 7.11 Å². The van der Waals surface area contributed by atoms with Crippen molar-refractivity contribution in [2.24, 2.45) is 40.4 Å². The maximum absolute atomic E-state index is 12.3. The van der Waals surface area contributed by atoms with Crippen LogP contribution in [-0.4, -0.2) is 72.4 Å². The first-order valence-electron chi connectivity index (χ1n) is 11.6. The number of aliphatic hydroxyl groups is 2. The number of hydrogen-bond acceptors (Lipinski definition) is 5. The van der Waals surface area contributed by atoms with Crippen LogP contribution >= 0.6 is 0 Å². The Bertz CT molecular complexity index is 688. The van der Waals surface area contributed by atoms with E-state index in [-0.39, 0.29) is 35.4 Å². The van der Waals surface area contributed by atoms with Crippen molar-refractivity contribution in [2.45, 2.75) is 75.9 Å². The van der Waals surface area contributed by atoms with Crippen LogP contribution in [0.2, 0.25) is 0 Å². The Morgan fingerprint density at radius 3 is 2.61 bits per heavy atom. The highest BCUT2D eigenvalue weighted by Gasteiger charge is 2.83. The molecule has 158 valence electrons. The fourth-order valence-corrected chi connectivity index (χ4v) is 10.4. The van der Waals surface area contributed by atoms with Gasteiger partial charge in [0, 0.05) is 56.4 Å². The molecule has 6 fully saturated rings. The summed E-state index contributed by atoms with van der Waals surface area (Å²) in [4.78, 5) is 2.70. The minimum absolute atomic E-state index is 0.00745. The summed E-state index contributed by atoms with van der Waals surface area (Å²) in [6, 6.07) is 0.383. The molecule has 5 nitrogen and oxygen atoms in total. The molecule has 0 aromatic heterocycles. The number of hydrogen-bond donors (Lipinski definition) is 2. The van der Waals surface area contributed by atoms with E-state index in [2.05, 4.69) is 18.7 Å². The molecule has 1 spiro atoms. The first kappa shape index (κ1) is 18.6. The van der Waals surface area contributed by atoms with Crippen molar-refractivity contribution in [2.75, 3.05) is 27.3 Å². The molecule has 28 heavy (non-hydrogen) atoms. The maximum atomic E-state index is 12.3. The lowest BCUT2D eigenvalue weighted by atomic mass is 9.43. The van der Waals surface area contributed by atoms with Gasteiger partial charge in [0.2, 0.25) is 0 Å². The predicted octanol–water partition coefficient (Wildman–Crippen LogP) is 1.90. The van der Waals surface area contributed by atoms with Crippen LogP contribution in [0, 0.1) is 40.4 Å². The monoisotopic (exact) mass is 391 g/mol. The molecule has 1 saturated heterocycles. The van der Waals surface area contributed by atoms with Crippen molar-refractivity contribution in [3.05, 3.63) is 0 Å². The minimum atomic E-state index is -0.804. The molecule has 0 aromatic carbocycles. The summed E-state index contributed by atoms with van der Waals surface area (Å²) < 4.78 is 12.1. The van der Waals surface area contributed by atoms with Gasteiger partial charge in [-0.2, -0.15) is 0 Å². The molecule has 2 N–H and O–H groups in total. The van der Waals surface area contributed by atoms with Gasteiger partial charge in [-0.15, -0.1) is 0 Å². The molecule has 1 aliphatic heterocycles. The van der Waals surface area contributed by atoms with Gasteiger partial charge in [-0.05, 0) is 49.5 Å². The lowest BCUT2D eigenvalue weighted by molar-refractivity contribution is -0.270. The van der Waals surface area contributed by atoms with Crippen LogP contribution in [0.25, 0.3) is 0 Å². The molecule has 5 saturated carbocycles. The zero-order valence-corrected chi connectivity index (χ0v) is 17.8. The summed E-state index contributed by atoms with van der Waals surface area (Å²) in [5, 5.41) is 23.6. The highest BCUT2D eigenvalue weighted by Crippen LogP contribution is 2.78. The van der Waals surface area contributed by atoms with Gasteiger partial charge in [0.15, 0.2) is 0 Å². The van der Waals surface area contributed by atoms with E-state index in [1.807, 2.05) is 7.11 Å². The van der Waals surface area contributed by atoms with Crippen molar-refractivity contribution in [3.63, 3.8) is 0 Å². The Hall–Kier alpha value is -0.200. The highest BCUT2D eigenvalue weighted by molar-refractivity contribution is 5.32. The molecule has 1 heterocycles. The zero-order chi connectivity index (χ0) is 19.6. The fourth-order valence-electron chi connectivity index (χ4n) is 10.4. The Morgan fingerprint density at radius 2 is 1.93 bits per heavy atom. The first-order valence-corrected chi connectivity index (χ1v) is 11.6. The molecule has 0 amide bonds. The maximum Gasteiger partial charge on any atom is 0.0771 e. The third-order valence-electron chi connectivity index (χ3n) is 10.9. The molecule has 0 aromatic rings. The number of ether oxygens (including phenoxy) is 2. The van der Waals surface area contributed by atoms with Gasteiger partial charge >= 0.3 is 0 Å². The summed E-state index contributed by atoms with van der Waals surface area (Å²) in [7, 11) is 3.66. The van der Waals surface area contributed by atoms with Crippen molar-refractivity contribution < 1.29 is 19.7 Å². The van der Waals surface area contributed by atoms with Crippen LogP contribution in [0.1, 0.15) is 46.0 Å². The Balaban J connectivity index is 1.59. The predicted molar refractivity (Wildman–Crippen MR) is 105 cm³/mol. The average Bonchev–Trinajstić information content (AvgIpc) is 3.10. The van der Waals surface area contributed by atoms with Crippen molar-refractivity contribution in [1.29, 1.82) is 0 Å². The number of likely N-dealkylation sites (tertiary alicyclic amines) is 1. The molecule has 6 aliphatic rings. The van der Waals surface area contributed by atoms with Gasteiger partial charge in [-0.25, -0.2) is 0 Å². The summed E-state index contributed by atoms with van der Waals surface area (Å²) in [6.07, 6.45) is 4.90. The van der Waals surface area contributed by atoms with Gasteiger partial charge in [-0.3, -0.25) is 4.90 Å². The van der Waals surface area contributed by atoms with Crippen LogP contribution < -0.4 is 0 Å². The molecule has 5 aliphatic carbocycles. The Kier molecular flexibility index (Phi) is 3.67. The number of rotatable bonds is 3. The van der Waals surface area contributed by atoms with E-state index < -0.39 is 11.7 Å². The Labute approximate surface area is 168 Å². The zero-order valence-electron chi connectivity index (χ0n) is 17.8. The van der Waals surface area contributed by atoms with E-state index in [4.69, 9.17) is 9.47 Å². The molecule has 0 unspecified atom stereocenters. The van der Waals surface area contributed by atoms with Gasteiger partial charge in [-0.1, -0.05) is 13.8 Å². The number of fused-ring (bicyclic) bond motifs is 2. The largest absolute Gasteiger partial charge is 0.392 e. The smallest absolute Gasteiger partial charge is 0.0771 e. The summed E-state index contributed by atoms with van der Waals surface area (Å²) in [6.45, 7) is 6.98. The molecular formula is C23H37NO4. The van der Waals surface area contributed by atoms with Gasteiger partial charge in [0.1, 0.15) is 0 Å². The van der Waals surface area contributed by atoms with Crippen LogP contribution in [0.3, 0.4) is 0 Å². The van der Waals surface area contributed by atoms with Crippen molar-refractivity contribution in [3.8, 4) is 0 Å². The van der Waals surface area contributed by atoms with E-state index in [1.165, 1.54) is 6.42 Å². The second kappa shape index (κ2) is 5.53. The van der Waals surface area contributed by atoms with Gasteiger partial charge in [0.25, 0.3) is 0 Å². The number of methoxy groups -OCH3 is 2. The van der Waals surface area contributed by atoms with E-state index in [9.17, 15) is 10.2 Å². The second-order valence-corrected chi connectivity index (χ2v) is 11.3. The number of aliphatic hydroxyl groups excluding tert-OH is 1. The third-order valence-corrected chi connectivity index (χ3v) is 10.9. The third kappa shape index (κ3) is 1.73. The lowest BCUT2D eigenvalue weighted by Crippen LogP contribution is -2.75. The molecule has 5 heteroatoms.